The van der Waals surface area contributed by atoms with Gasteiger partial charge in [-0.25, -0.2) is 9.78 Å². The minimum atomic E-state index is -0.953. The van der Waals surface area contributed by atoms with E-state index in [1.54, 1.807) is 36.9 Å². The number of ether oxygens (including phenoxy) is 1. The standard InChI is InChI=1S/C13H13ClN2O3/c1-8-5-9(13(17)18)3-4-10(8)19-7-12-15-6-11(14)16(12)2/h3-6H,7H2,1-2H3,(H,17,18). The predicted molar refractivity (Wildman–Crippen MR) is 70.7 cm³/mol. The Bertz CT molecular complexity index is 622. The maximum absolute atomic E-state index is 10.8. The average Bonchev–Trinajstić information content (AvgIpc) is 2.68. The minimum Gasteiger partial charge on any atom is -0.485 e. The molecule has 0 atom stereocenters. The molecule has 0 saturated carbocycles. The van der Waals surface area contributed by atoms with E-state index in [0.717, 1.165) is 5.56 Å². The third-order valence-corrected chi connectivity index (χ3v) is 3.16. The third kappa shape index (κ3) is 2.88. The summed E-state index contributed by atoms with van der Waals surface area (Å²) in [7, 11) is 1.80. The van der Waals surface area contributed by atoms with Crippen molar-refractivity contribution in [1.29, 1.82) is 0 Å². The molecule has 1 heterocycles. The van der Waals surface area contributed by atoms with Crippen molar-refractivity contribution in [2.24, 2.45) is 7.05 Å². The number of aromatic carboxylic acids is 1. The SMILES string of the molecule is Cc1cc(C(=O)O)ccc1OCc1ncc(Cl)n1C. The van der Waals surface area contributed by atoms with Crippen LogP contribution in [-0.2, 0) is 13.7 Å². The largest absolute Gasteiger partial charge is 0.485 e. The summed E-state index contributed by atoms with van der Waals surface area (Å²) < 4.78 is 7.34. The van der Waals surface area contributed by atoms with Crippen LogP contribution in [0.2, 0.25) is 5.15 Å². The lowest BCUT2D eigenvalue weighted by Gasteiger charge is -2.09. The van der Waals surface area contributed by atoms with Gasteiger partial charge >= 0.3 is 5.97 Å². The molecule has 6 heteroatoms. The predicted octanol–water partition coefficient (Wildman–Crippen LogP) is 2.66. The van der Waals surface area contributed by atoms with Crippen molar-refractivity contribution in [3.8, 4) is 5.75 Å². The number of hydrogen-bond acceptors (Lipinski definition) is 3. The van der Waals surface area contributed by atoms with Crippen LogP contribution < -0.4 is 4.74 Å². The molecule has 1 aromatic carbocycles. The van der Waals surface area contributed by atoms with Crippen molar-refractivity contribution < 1.29 is 14.6 Å². The smallest absolute Gasteiger partial charge is 0.335 e. The molecule has 0 aliphatic carbocycles. The lowest BCUT2D eigenvalue weighted by Crippen LogP contribution is -2.05. The van der Waals surface area contributed by atoms with E-state index in [1.165, 1.54) is 6.07 Å². The number of halogens is 1. The molecule has 1 N–H and O–H groups in total. The molecule has 100 valence electrons. The number of nitrogens with zero attached hydrogens (tertiary/aromatic N) is 2. The Balaban J connectivity index is 2.12. The number of aromatic nitrogens is 2. The monoisotopic (exact) mass is 280 g/mol. The average molecular weight is 281 g/mol. The van der Waals surface area contributed by atoms with Gasteiger partial charge in [0.2, 0.25) is 0 Å². The van der Waals surface area contributed by atoms with Crippen molar-refractivity contribution in [1.82, 2.24) is 9.55 Å². The highest BCUT2D eigenvalue weighted by molar-refractivity contribution is 6.29. The fourth-order valence-corrected chi connectivity index (χ4v) is 1.79. The second-order valence-corrected chi connectivity index (χ2v) is 4.52. The zero-order valence-electron chi connectivity index (χ0n) is 10.6. The molecule has 2 rings (SSSR count). The van der Waals surface area contributed by atoms with Crippen LogP contribution in [0.15, 0.2) is 24.4 Å². The van der Waals surface area contributed by atoms with E-state index < -0.39 is 5.97 Å². The number of hydrogen-bond donors (Lipinski definition) is 1. The maximum Gasteiger partial charge on any atom is 0.335 e. The molecule has 0 unspecified atom stereocenters. The Morgan fingerprint density at radius 1 is 1.53 bits per heavy atom. The molecule has 0 spiro atoms. The zero-order chi connectivity index (χ0) is 14.0. The summed E-state index contributed by atoms with van der Waals surface area (Å²) in [6.45, 7) is 2.07. The van der Waals surface area contributed by atoms with Crippen LogP contribution >= 0.6 is 11.6 Å². The van der Waals surface area contributed by atoms with E-state index in [-0.39, 0.29) is 12.2 Å². The lowest BCUT2D eigenvalue weighted by atomic mass is 10.1. The summed E-state index contributed by atoms with van der Waals surface area (Å²) in [5.41, 5.74) is 1.00. The molecule has 5 nitrogen and oxygen atoms in total. The molecule has 0 aliphatic heterocycles. The molecule has 0 bridgehead atoms. The molecule has 1 aromatic heterocycles. The van der Waals surface area contributed by atoms with Crippen LogP contribution in [-0.4, -0.2) is 20.6 Å². The molecular weight excluding hydrogens is 268 g/mol. The second kappa shape index (κ2) is 5.32. The number of carboxylic acid groups (broad SMARTS) is 1. The van der Waals surface area contributed by atoms with Crippen LogP contribution in [0.3, 0.4) is 0 Å². The summed E-state index contributed by atoms with van der Waals surface area (Å²) in [6, 6.07) is 4.72. The van der Waals surface area contributed by atoms with Gasteiger partial charge in [0, 0.05) is 7.05 Å². The first-order valence-electron chi connectivity index (χ1n) is 5.62. The highest BCUT2D eigenvalue weighted by atomic mass is 35.5. The molecule has 0 fully saturated rings. The van der Waals surface area contributed by atoms with Crippen LogP contribution in [0.4, 0.5) is 0 Å². The Kier molecular flexibility index (Phi) is 3.76. The second-order valence-electron chi connectivity index (χ2n) is 4.13. The summed E-state index contributed by atoms with van der Waals surface area (Å²) in [6.07, 6.45) is 1.56. The van der Waals surface area contributed by atoms with Crippen molar-refractivity contribution in [3.63, 3.8) is 0 Å². The summed E-state index contributed by atoms with van der Waals surface area (Å²) in [4.78, 5) is 14.9. The zero-order valence-corrected chi connectivity index (χ0v) is 11.3. The number of benzene rings is 1. The number of aryl methyl sites for hydroxylation is 1. The van der Waals surface area contributed by atoms with Crippen molar-refractivity contribution in [2.45, 2.75) is 13.5 Å². The van der Waals surface area contributed by atoms with Gasteiger partial charge in [-0.05, 0) is 30.7 Å². The molecule has 0 radical (unpaired) electrons. The molecule has 0 aliphatic rings. The van der Waals surface area contributed by atoms with Gasteiger partial charge < -0.3 is 14.4 Å². The minimum absolute atomic E-state index is 0.241. The van der Waals surface area contributed by atoms with Crippen molar-refractivity contribution in [3.05, 3.63) is 46.5 Å². The summed E-state index contributed by atoms with van der Waals surface area (Å²) in [5, 5.41) is 9.42. The van der Waals surface area contributed by atoms with Gasteiger partial charge in [0.15, 0.2) is 0 Å². The Morgan fingerprint density at radius 3 is 2.79 bits per heavy atom. The number of carboxylic acids is 1. The van der Waals surface area contributed by atoms with Crippen LogP contribution in [0.1, 0.15) is 21.7 Å². The fraction of sp³-hybridized carbons (Fsp3) is 0.231. The first-order chi connectivity index (χ1) is 8.99. The van der Waals surface area contributed by atoms with Crippen molar-refractivity contribution >= 4 is 17.6 Å². The molecule has 19 heavy (non-hydrogen) atoms. The van der Waals surface area contributed by atoms with Gasteiger partial charge in [0.05, 0.1) is 11.8 Å². The van der Waals surface area contributed by atoms with Crippen LogP contribution in [0, 0.1) is 6.92 Å². The van der Waals surface area contributed by atoms with Crippen molar-refractivity contribution in [2.75, 3.05) is 0 Å². The quantitative estimate of drug-likeness (QED) is 0.935. The molecule has 0 saturated heterocycles. The lowest BCUT2D eigenvalue weighted by molar-refractivity contribution is 0.0696. The van der Waals surface area contributed by atoms with E-state index in [4.69, 9.17) is 21.4 Å². The Labute approximate surface area is 115 Å². The third-order valence-electron chi connectivity index (χ3n) is 2.81. The number of carbonyl (C=O) groups is 1. The van der Waals surface area contributed by atoms with Gasteiger partial charge in [0.1, 0.15) is 23.3 Å². The Hall–Kier alpha value is -2.01. The fourth-order valence-electron chi connectivity index (χ4n) is 1.65. The number of rotatable bonds is 4. The highest BCUT2D eigenvalue weighted by Crippen LogP contribution is 2.20. The topological polar surface area (TPSA) is 64.3 Å². The van der Waals surface area contributed by atoms with Crippen LogP contribution in [0.5, 0.6) is 5.75 Å². The highest BCUT2D eigenvalue weighted by Gasteiger charge is 2.09. The molecule has 2 aromatic rings. The normalized spacial score (nSPS) is 10.5. The van der Waals surface area contributed by atoms with Gasteiger partial charge in [-0.3, -0.25) is 0 Å². The number of imidazole rings is 1. The van der Waals surface area contributed by atoms with Gasteiger partial charge in [-0.2, -0.15) is 0 Å². The summed E-state index contributed by atoms with van der Waals surface area (Å²) in [5.74, 6) is 0.376. The molecule has 0 amide bonds. The van der Waals surface area contributed by atoms with E-state index in [1.807, 2.05) is 0 Å². The van der Waals surface area contributed by atoms with Gasteiger partial charge in [0.25, 0.3) is 0 Å². The van der Waals surface area contributed by atoms with Crippen LogP contribution in [0.25, 0.3) is 0 Å². The first kappa shape index (κ1) is 13.4. The molecular formula is C13H13ClN2O3. The maximum atomic E-state index is 10.8. The van der Waals surface area contributed by atoms with E-state index in [9.17, 15) is 4.79 Å². The van der Waals surface area contributed by atoms with Gasteiger partial charge in [-0.1, -0.05) is 11.6 Å². The van der Waals surface area contributed by atoms with E-state index in [2.05, 4.69) is 4.98 Å². The van der Waals surface area contributed by atoms with E-state index in [0.29, 0.717) is 16.7 Å². The first-order valence-corrected chi connectivity index (χ1v) is 5.99. The Morgan fingerprint density at radius 2 is 2.26 bits per heavy atom. The van der Waals surface area contributed by atoms with Gasteiger partial charge in [-0.15, -0.1) is 0 Å². The summed E-state index contributed by atoms with van der Waals surface area (Å²) >= 11 is 5.88. The van der Waals surface area contributed by atoms with E-state index >= 15 is 0 Å².